The van der Waals surface area contributed by atoms with Crippen molar-refractivity contribution in [1.29, 1.82) is 0 Å². The van der Waals surface area contributed by atoms with Gasteiger partial charge in [0, 0.05) is 5.56 Å². The first-order chi connectivity index (χ1) is 9.47. The van der Waals surface area contributed by atoms with Crippen LogP contribution < -0.4 is 0 Å². The van der Waals surface area contributed by atoms with Crippen molar-refractivity contribution < 1.29 is 4.79 Å². The van der Waals surface area contributed by atoms with Crippen LogP contribution in [0.3, 0.4) is 0 Å². The highest BCUT2D eigenvalue weighted by atomic mass is 16.1. The molecule has 0 bridgehead atoms. The Morgan fingerprint density at radius 2 is 1.65 bits per heavy atom. The van der Waals surface area contributed by atoms with Crippen LogP contribution in [-0.4, -0.2) is 5.78 Å². The third-order valence-corrected chi connectivity index (χ3v) is 4.21. The Balaban J connectivity index is 1.83. The monoisotopic (exact) mass is 264 g/mol. The Morgan fingerprint density at radius 3 is 2.25 bits per heavy atom. The predicted molar refractivity (Wildman–Crippen MR) is 82.4 cm³/mol. The van der Waals surface area contributed by atoms with Gasteiger partial charge in [0.25, 0.3) is 0 Å². The lowest BCUT2D eigenvalue weighted by molar-refractivity contribution is 0.0949. The van der Waals surface area contributed by atoms with Gasteiger partial charge in [0.2, 0.25) is 0 Å². The molecule has 1 heteroatoms. The van der Waals surface area contributed by atoms with Crippen LogP contribution in [0.5, 0.6) is 0 Å². The predicted octanol–water partition coefficient (Wildman–Crippen LogP) is 4.51. The molecular weight excluding hydrogens is 244 g/mol. The molecule has 2 aromatic rings. The Bertz CT molecular complexity index is 644. The van der Waals surface area contributed by atoms with E-state index in [4.69, 9.17) is 0 Å². The molecule has 0 saturated heterocycles. The largest absolute Gasteiger partial charge is 0.293 e. The summed E-state index contributed by atoms with van der Waals surface area (Å²) >= 11 is 0. The zero-order valence-electron chi connectivity index (χ0n) is 12.3. The molecule has 0 heterocycles. The van der Waals surface area contributed by atoms with E-state index >= 15 is 0 Å². The van der Waals surface area contributed by atoms with Gasteiger partial charge in [-0.3, -0.25) is 4.79 Å². The maximum absolute atomic E-state index is 12.6. The van der Waals surface area contributed by atoms with Crippen molar-refractivity contribution in [1.82, 2.24) is 0 Å². The number of hydrogen-bond donors (Lipinski definition) is 0. The van der Waals surface area contributed by atoms with Crippen molar-refractivity contribution in [2.75, 3.05) is 0 Å². The zero-order valence-corrected chi connectivity index (χ0v) is 12.3. The summed E-state index contributed by atoms with van der Waals surface area (Å²) in [6.45, 7) is 6.56. The van der Waals surface area contributed by atoms with Gasteiger partial charge in [-0.2, -0.15) is 0 Å². The summed E-state index contributed by atoms with van der Waals surface area (Å²) in [5, 5.41) is 0. The summed E-state index contributed by atoms with van der Waals surface area (Å²) in [7, 11) is 0. The van der Waals surface area contributed by atoms with E-state index in [1.165, 1.54) is 16.7 Å². The average molecular weight is 264 g/mol. The van der Waals surface area contributed by atoms with Gasteiger partial charge in [-0.05, 0) is 28.5 Å². The lowest BCUT2D eigenvalue weighted by Crippen LogP contribution is -2.25. The minimum Gasteiger partial charge on any atom is -0.293 e. The van der Waals surface area contributed by atoms with Crippen LogP contribution >= 0.6 is 0 Å². The summed E-state index contributed by atoms with van der Waals surface area (Å²) in [6.07, 6.45) is 0.885. The second kappa shape index (κ2) is 4.59. The van der Waals surface area contributed by atoms with Crippen LogP contribution in [0.4, 0.5) is 0 Å². The Hall–Kier alpha value is -1.89. The minimum absolute atomic E-state index is 0.0617. The van der Waals surface area contributed by atoms with Gasteiger partial charge in [0.1, 0.15) is 0 Å². The zero-order chi connectivity index (χ0) is 14.3. The first-order valence-corrected chi connectivity index (χ1v) is 7.19. The lowest BCUT2D eigenvalue weighted by atomic mass is 9.73. The van der Waals surface area contributed by atoms with Crippen LogP contribution in [0.25, 0.3) is 0 Å². The van der Waals surface area contributed by atoms with Gasteiger partial charge in [0.15, 0.2) is 5.78 Å². The number of hydrogen-bond acceptors (Lipinski definition) is 1. The summed E-state index contributed by atoms with van der Waals surface area (Å²) in [5.41, 5.74) is 4.75. The number of ketones is 1. The highest BCUT2D eigenvalue weighted by Crippen LogP contribution is 2.37. The normalized spacial score (nSPS) is 17.2. The third kappa shape index (κ3) is 2.18. The molecule has 2 aromatic carbocycles. The fourth-order valence-electron chi connectivity index (χ4n) is 2.83. The summed E-state index contributed by atoms with van der Waals surface area (Å²) < 4.78 is 0. The Labute approximate surface area is 120 Å². The highest BCUT2D eigenvalue weighted by molar-refractivity contribution is 6.02. The molecule has 0 saturated carbocycles. The van der Waals surface area contributed by atoms with E-state index in [-0.39, 0.29) is 17.1 Å². The third-order valence-electron chi connectivity index (χ3n) is 4.21. The topological polar surface area (TPSA) is 17.1 Å². The van der Waals surface area contributed by atoms with Crippen LogP contribution in [0, 0.1) is 0 Å². The number of fused-ring (bicyclic) bond motifs is 1. The first-order valence-electron chi connectivity index (χ1n) is 7.19. The molecule has 1 atom stereocenters. The minimum atomic E-state index is 0.0617. The molecule has 0 radical (unpaired) electrons. The van der Waals surface area contributed by atoms with Gasteiger partial charge < -0.3 is 0 Å². The van der Waals surface area contributed by atoms with Gasteiger partial charge in [0.05, 0.1) is 5.92 Å². The fourth-order valence-corrected chi connectivity index (χ4v) is 2.83. The van der Waals surface area contributed by atoms with Gasteiger partial charge in [-0.1, -0.05) is 69.3 Å². The fraction of sp³-hybridized carbons (Fsp3) is 0.316. The smallest absolute Gasteiger partial charge is 0.170 e. The Kier molecular flexibility index (Phi) is 3.01. The van der Waals surface area contributed by atoms with Crippen molar-refractivity contribution in [3.05, 3.63) is 70.8 Å². The maximum Gasteiger partial charge on any atom is 0.170 e. The van der Waals surface area contributed by atoms with E-state index < -0.39 is 0 Å². The standard InChI is InChI=1S/C19H20O/c1-19(2,3)15-10-8-13(9-11-15)18(20)17-12-14-6-4-5-7-16(14)17/h4-11,17H,12H2,1-3H3. The first kappa shape index (κ1) is 13.1. The van der Waals surface area contributed by atoms with E-state index in [1.807, 2.05) is 24.3 Å². The molecule has 0 amide bonds. The molecule has 0 spiro atoms. The molecule has 3 rings (SSSR count). The lowest BCUT2D eigenvalue weighted by Gasteiger charge is -2.29. The van der Waals surface area contributed by atoms with Crippen molar-refractivity contribution in [3.8, 4) is 0 Å². The molecule has 0 N–H and O–H groups in total. The molecule has 1 aliphatic carbocycles. The van der Waals surface area contributed by atoms with Crippen LogP contribution in [0.15, 0.2) is 48.5 Å². The second-order valence-corrected chi connectivity index (χ2v) is 6.65. The number of benzene rings is 2. The second-order valence-electron chi connectivity index (χ2n) is 6.65. The molecule has 0 fully saturated rings. The molecule has 0 aliphatic heterocycles. The van der Waals surface area contributed by atoms with Crippen molar-refractivity contribution >= 4 is 5.78 Å². The highest BCUT2D eigenvalue weighted by Gasteiger charge is 2.32. The molecule has 1 nitrogen and oxygen atoms in total. The van der Waals surface area contributed by atoms with Crippen LogP contribution in [0.2, 0.25) is 0 Å². The number of carbonyl (C=O) groups is 1. The summed E-state index contributed by atoms with van der Waals surface area (Å²) in [6, 6.07) is 16.4. The molecule has 1 unspecified atom stereocenters. The SMILES string of the molecule is CC(C)(C)c1ccc(C(=O)C2Cc3ccccc32)cc1. The van der Waals surface area contributed by atoms with Crippen LogP contribution in [0.1, 0.15) is 53.7 Å². The van der Waals surface area contributed by atoms with Crippen molar-refractivity contribution in [2.45, 2.75) is 38.5 Å². The van der Waals surface area contributed by atoms with Crippen molar-refractivity contribution in [3.63, 3.8) is 0 Å². The van der Waals surface area contributed by atoms with Crippen LogP contribution in [-0.2, 0) is 11.8 Å². The number of Topliss-reactive ketones (excluding diaryl/α,β-unsaturated/α-hetero) is 1. The quantitative estimate of drug-likeness (QED) is 0.729. The Morgan fingerprint density at radius 1 is 1.00 bits per heavy atom. The van der Waals surface area contributed by atoms with E-state index in [0.29, 0.717) is 0 Å². The van der Waals surface area contributed by atoms with E-state index in [2.05, 4.69) is 45.0 Å². The van der Waals surface area contributed by atoms with E-state index in [0.717, 1.165) is 12.0 Å². The molecule has 1 aliphatic rings. The molecular formula is C19H20O. The van der Waals surface area contributed by atoms with E-state index in [1.54, 1.807) is 0 Å². The van der Waals surface area contributed by atoms with Gasteiger partial charge in [-0.25, -0.2) is 0 Å². The molecule has 20 heavy (non-hydrogen) atoms. The van der Waals surface area contributed by atoms with Gasteiger partial charge >= 0.3 is 0 Å². The van der Waals surface area contributed by atoms with E-state index in [9.17, 15) is 4.79 Å². The molecule has 102 valence electrons. The summed E-state index contributed by atoms with van der Waals surface area (Å²) in [4.78, 5) is 12.6. The number of rotatable bonds is 2. The number of carbonyl (C=O) groups excluding carboxylic acids is 1. The summed E-state index contributed by atoms with van der Waals surface area (Å²) in [5.74, 6) is 0.316. The average Bonchev–Trinajstić information content (AvgIpc) is 2.39. The maximum atomic E-state index is 12.6. The molecule has 0 aromatic heterocycles. The van der Waals surface area contributed by atoms with Gasteiger partial charge in [-0.15, -0.1) is 0 Å². The van der Waals surface area contributed by atoms with Crippen molar-refractivity contribution in [2.24, 2.45) is 0 Å².